The molecule has 98 valence electrons. The SMILES string of the molecule is CC(CC=O)c1cc(-c2cccc([N+](=O)[O-])c2)no1. The number of aldehydes is 1. The van der Waals surface area contributed by atoms with Gasteiger partial charge in [-0.1, -0.05) is 24.2 Å². The summed E-state index contributed by atoms with van der Waals surface area (Å²) in [5.74, 6) is 0.533. The third-order valence-electron chi connectivity index (χ3n) is 2.82. The Morgan fingerprint density at radius 3 is 2.95 bits per heavy atom. The van der Waals surface area contributed by atoms with E-state index >= 15 is 0 Å². The first kappa shape index (κ1) is 12.9. The zero-order valence-electron chi connectivity index (χ0n) is 10.3. The van der Waals surface area contributed by atoms with Gasteiger partial charge in [0.05, 0.1) is 4.92 Å². The third kappa shape index (κ3) is 2.85. The highest BCUT2D eigenvalue weighted by molar-refractivity contribution is 5.62. The quantitative estimate of drug-likeness (QED) is 0.468. The van der Waals surface area contributed by atoms with Crippen molar-refractivity contribution in [3.63, 3.8) is 0 Å². The molecule has 1 heterocycles. The molecule has 0 N–H and O–H groups in total. The Morgan fingerprint density at radius 2 is 2.26 bits per heavy atom. The molecule has 0 saturated carbocycles. The van der Waals surface area contributed by atoms with Gasteiger partial charge in [-0.15, -0.1) is 0 Å². The van der Waals surface area contributed by atoms with Crippen molar-refractivity contribution in [2.75, 3.05) is 0 Å². The van der Waals surface area contributed by atoms with E-state index in [1.165, 1.54) is 12.1 Å². The van der Waals surface area contributed by atoms with Crippen LogP contribution >= 0.6 is 0 Å². The summed E-state index contributed by atoms with van der Waals surface area (Å²) in [6.45, 7) is 1.85. The number of hydrogen-bond acceptors (Lipinski definition) is 5. The van der Waals surface area contributed by atoms with E-state index in [4.69, 9.17) is 4.52 Å². The number of non-ortho nitro benzene ring substituents is 1. The average Bonchev–Trinajstić information content (AvgIpc) is 2.89. The van der Waals surface area contributed by atoms with E-state index in [0.717, 1.165) is 6.29 Å². The Kier molecular flexibility index (Phi) is 3.70. The summed E-state index contributed by atoms with van der Waals surface area (Å²) in [5, 5.41) is 14.6. The molecule has 0 aliphatic carbocycles. The van der Waals surface area contributed by atoms with Crippen LogP contribution in [0.4, 0.5) is 5.69 Å². The van der Waals surface area contributed by atoms with Gasteiger partial charge in [0.25, 0.3) is 5.69 Å². The Bertz CT molecular complexity index is 606. The second-order valence-electron chi connectivity index (χ2n) is 4.23. The predicted molar refractivity (Wildman–Crippen MR) is 67.7 cm³/mol. The van der Waals surface area contributed by atoms with Crippen molar-refractivity contribution in [1.29, 1.82) is 0 Å². The number of rotatable bonds is 5. The van der Waals surface area contributed by atoms with Crippen molar-refractivity contribution in [1.82, 2.24) is 5.16 Å². The molecule has 0 radical (unpaired) electrons. The van der Waals surface area contributed by atoms with Crippen LogP contribution in [0.3, 0.4) is 0 Å². The van der Waals surface area contributed by atoms with Gasteiger partial charge in [-0.3, -0.25) is 10.1 Å². The Labute approximate surface area is 109 Å². The molecule has 1 atom stereocenters. The average molecular weight is 260 g/mol. The monoisotopic (exact) mass is 260 g/mol. The van der Waals surface area contributed by atoms with Gasteiger partial charge in [-0.05, 0) is 0 Å². The number of aromatic nitrogens is 1. The van der Waals surface area contributed by atoms with Crippen molar-refractivity contribution in [3.8, 4) is 11.3 Å². The summed E-state index contributed by atoms with van der Waals surface area (Å²) in [6.07, 6.45) is 1.17. The van der Waals surface area contributed by atoms with Crippen LogP contribution < -0.4 is 0 Å². The van der Waals surface area contributed by atoms with Crippen LogP contribution in [0.15, 0.2) is 34.9 Å². The van der Waals surface area contributed by atoms with Gasteiger partial charge in [0.1, 0.15) is 17.7 Å². The third-order valence-corrected chi connectivity index (χ3v) is 2.82. The number of nitrogens with zero attached hydrogens (tertiary/aromatic N) is 2. The van der Waals surface area contributed by atoms with Gasteiger partial charge >= 0.3 is 0 Å². The first-order chi connectivity index (χ1) is 9.11. The van der Waals surface area contributed by atoms with E-state index in [9.17, 15) is 14.9 Å². The molecular weight excluding hydrogens is 248 g/mol. The van der Waals surface area contributed by atoms with E-state index in [1.807, 2.05) is 6.92 Å². The smallest absolute Gasteiger partial charge is 0.270 e. The fourth-order valence-electron chi connectivity index (χ4n) is 1.70. The largest absolute Gasteiger partial charge is 0.360 e. The van der Waals surface area contributed by atoms with Crippen molar-refractivity contribution >= 4 is 12.0 Å². The molecule has 0 fully saturated rings. The number of nitro groups is 1. The van der Waals surface area contributed by atoms with Crippen LogP contribution in [-0.4, -0.2) is 16.4 Å². The van der Waals surface area contributed by atoms with Gasteiger partial charge in [0.2, 0.25) is 0 Å². The summed E-state index contributed by atoms with van der Waals surface area (Å²) in [6, 6.07) is 7.87. The zero-order chi connectivity index (χ0) is 13.8. The minimum absolute atomic E-state index is 0.00277. The molecule has 0 saturated heterocycles. The Hall–Kier alpha value is -2.50. The maximum Gasteiger partial charge on any atom is 0.270 e. The standard InChI is InChI=1S/C13H12N2O4/c1-9(5-6-16)13-8-12(14-19-13)10-3-2-4-11(7-10)15(17)18/h2-4,6-9H,5H2,1H3. The van der Waals surface area contributed by atoms with Crippen LogP contribution in [0.5, 0.6) is 0 Å². The van der Waals surface area contributed by atoms with Crippen molar-refractivity contribution < 1.29 is 14.2 Å². The highest BCUT2D eigenvalue weighted by atomic mass is 16.6. The number of benzene rings is 1. The molecule has 0 bridgehead atoms. The summed E-state index contributed by atoms with van der Waals surface area (Å²) in [5.41, 5.74) is 1.14. The molecule has 6 heteroatoms. The summed E-state index contributed by atoms with van der Waals surface area (Å²) >= 11 is 0. The highest BCUT2D eigenvalue weighted by Crippen LogP contribution is 2.26. The predicted octanol–water partition coefficient (Wildman–Crippen LogP) is 2.94. The first-order valence-electron chi connectivity index (χ1n) is 5.77. The van der Waals surface area contributed by atoms with Gasteiger partial charge in [-0.2, -0.15) is 0 Å². The van der Waals surface area contributed by atoms with Gasteiger partial charge in [0, 0.05) is 36.1 Å². The Morgan fingerprint density at radius 1 is 1.47 bits per heavy atom. The van der Waals surface area contributed by atoms with E-state index in [-0.39, 0.29) is 11.6 Å². The molecule has 2 rings (SSSR count). The highest BCUT2D eigenvalue weighted by Gasteiger charge is 2.14. The topological polar surface area (TPSA) is 86.2 Å². The van der Waals surface area contributed by atoms with E-state index in [1.54, 1.807) is 18.2 Å². The second-order valence-corrected chi connectivity index (χ2v) is 4.23. The lowest BCUT2D eigenvalue weighted by atomic mass is 10.0. The van der Waals surface area contributed by atoms with Crippen molar-refractivity contribution in [2.45, 2.75) is 19.3 Å². The summed E-state index contributed by atoms with van der Waals surface area (Å²) < 4.78 is 5.15. The van der Waals surface area contributed by atoms with E-state index in [2.05, 4.69) is 5.16 Å². The molecular formula is C13H12N2O4. The van der Waals surface area contributed by atoms with Gasteiger partial charge in [0.15, 0.2) is 0 Å². The molecule has 19 heavy (non-hydrogen) atoms. The molecule has 6 nitrogen and oxygen atoms in total. The number of carbonyl (C=O) groups excluding carboxylic acids is 1. The van der Waals surface area contributed by atoms with Crippen LogP contribution in [-0.2, 0) is 4.79 Å². The molecule has 0 spiro atoms. The fourth-order valence-corrected chi connectivity index (χ4v) is 1.70. The Balaban J connectivity index is 2.30. The summed E-state index contributed by atoms with van der Waals surface area (Å²) in [7, 11) is 0. The minimum atomic E-state index is -0.459. The number of carbonyl (C=O) groups is 1. The van der Waals surface area contributed by atoms with Gasteiger partial charge < -0.3 is 9.32 Å². The normalized spacial score (nSPS) is 12.1. The minimum Gasteiger partial charge on any atom is -0.360 e. The van der Waals surface area contributed by atoms with Gasteiger partial charge in [-0.25, -0.2) is 0 Å². The lowest BCUT2D eigenvalue weighted by molar-refractivity contribution is -0.384. The molecule has 0 amide bonds. The second kappa shape index (κ2) is 5.43. The van der Waals surface area contributed by atoms with Crippen molar-refractivity contribution in [2.24, 2.45) is 0 Å². The van der Waals surface area contributed by atoms with Crippen LogP contribution in [0.2, 0.25) is 0 Å². The lowest BCUT2D eigenvalue weighted by Gasteiger charge is -1.99. The maximum absolute atomic E-state index is 10.7. The molecule has 0 aliphatic heterocycles. The van der Waals surface area contributed by atoms with Crippen LogP contribution in [0, 0.1) is 10.1 Å². The molecule has 1 aromatic carbocycles. The first-order valence-corrected chi connectivity index (χ1v) is 5.77. The summed E-state index contributed by atoms with van der Waals surface area (Å²) in [4.78, 5) is 20.7. The van der Waals surface area contributed by atoms with E-state index in [0.29, 0.717) is 23.4 Å². The van der Waals surface area contributed by atoms with Crippen molar-refractivity contribution in [3.05, 3.63) is 46.2 Å². The lowest BCUT2D eigenvalue weighted by Crippen LogP contribution is -1.91. The molecule has 2 aromatic rings. The number of hydrogen-bond donors (Lipinski definition) is 0. The van der Waals surface area contributed by atoms with Crippen LogP contribution in [0.1, 0.15) is 25.0 Å². The number of nitro benzene ring substituents is 1. The molecule has 1 unspecified atom stereocenters. The molecule has 0 aliphatic rings. The molecule has 1 aromatic heterocycles. The van der Waals surface area contributed by atoms with Crippen LogP contribution in [0.25, 0.3) is 11.3 Å². The maximum atomic E-state index is 10.7. The van der Waals surface area contributed by atoms with E-state index < -0.39 is 4.92 Å². The fraction of sp³-hybridized carbons (Fsp3) is 0.231. The zero-order valence-corrected chi connectivity index (χ0v) is 10.3.